The normalized spacial score (nSPS) is 43.5. The Bertz CT molecular complexity index is 722. The van der Waals surface area contributed by atoms with Crippen molar-refractivity contribution < 1.29 is 19.4 Å². The summed E-state index contributed by atoms with van der Waals surface area (Å²) in [5, 5.41) is 10.1. The van der Waals surface area contributed by atoms with Gasteiger partial charge >= 0.3 is 0 Å². The number of ether oxygens (including phenoxy) is 2. The van der Waals surface area contributed by atoms with E-state index in [4.69, 9.17) is 9.47 Å². The monoisotopic (exact) mass is 462 g/mol. The number of Topliss-reactive ketones (excluding diaryl/α,β-unsaturated/α-hetero) is 1. The van der Waals surface area contributed by atoms with Gasteiger partial charge in [0.05, 0.1) is 5.60 Å². The summed E-state index contributed by atoms with van der Waals surface area (Å²) in [6.07, 6.45) is 11.8. The van der Waals surface area contributed by atoms with E-state index in [9.17, 15) is 9.90 Å². The maximum absolute atomic E-state index is 13.6. The third-order valence-corrected chi connectivity index (χ3v) is 11.4. The van der Waals surface area contributed by atoms with Crippen LogP contribution in [0.1, 0.15) is 105 Å². The van der Waals surface area contributed by atoms with Crippen molar-refractivity contribution in [2.24, 2.45) is 46.3 Å². The van der Waals surface area contributed by atoms with Crippen LogP contribution in [0.2, 0.25) is 0 Å². The van der Waals surface area contributed by atoms with Crippen molar-refractivity contribution in [3.8, 4) is 0 Å². The first kappa shape index (κ1) is 25.6. The molecule has 0 aromatic rings. The molecule has 4 rings (SSSR count). The van der Waals surface area contributed by atoms with Crippen LogP contribution in [0.15, 0.2) is 0 Å². The second-order valence-corrected chi connectivity index (χ2v) is 13.5. The van der Waals surface area contributed by atoms with Gasteiger partial charge in [-0.15, -0.1) is 0 Å². The second kappa shape index (κ2) is 8.89. The highest BCUT2D eigenvalue weighted by molar-refractivity contribution is 5.83. The van der Waals surface area contributed by atoms with E-state index in [1.54, 1.807) is 14.2 Å². The van der Waals surface area contributed by atoms with Crippen molar-refractivity contribution in [1.29, 1.82) is 0 Å². The number of fused-ring (bicyclic) bond motifs is 5. The summed E-state index contributed by atoms with van der Waals surface area (Å²) < 4.78 is 11.6. The van der Waals surface area contributed by atoms with Crippen molar-refractivity contribution in [2.45, 2.75) is 117 Å². The number of rotatable bonds is 7. The van der Waals surface area contributed by atoms with E-state index in [2.05, 4.69) is 20.8 Å². The highest BCUT2D eigenvalue weighted by Gasteiger charge is 2.64. The third kappa shape index (κ3) is 4.35. The molecular weight excluding hydrogens is 412 g/mol. The first-order valence-electron chi connectivity index (χ1n) is 13.7. The standard InChI is InChI=1S/C29H50O4/c1-19(9-8-13-26(2,3)31)21-10-11-22-20-17-25(30)24-18-29(32-6,33-7)16-15-28(24,5)23(20)12-14-27(21,22)4/h19-24,31H,8-18H2,1-7H3/t19-,20+,21-,22+,23+,24-,27-,28-/m1/s1. The molecule has 4 saturated carbocycles. The fourth-order valence-corrected chi connectivity index (χ4v) is 9.46. The van der Waals surface area contributed by atoms with E-state index in [0.717, 1.165) is 44.4 Å². The molecule has 0 aliphatic heterocycles. The van der Waals surface area contributed by atoms with Crippen LogP contribution in [0.3, 0.4) is 0 Å². The van der Waals surface area contributed by atoms with Crippen LogP contribution in [0.25, 0.3) is 0 Å². The highest BCUT2D eigenvalue weighted by Crippen LogP contribution is 2.68. The molecule has 0 saturated heterocycles. The summed E-state index contributed by atoms with van der Waals surface area (Å²) in [4.78, 5) is 13.6. The minimum absolute atomic E-state index is 0.0784. The first-order chi connectivity index (χ1) is 15.4. The summed E-state index contributed by atoms with van der Waals surface area (Å²) >= 11 is 0. The Balaban J connectivity index is 1.49. The number of ketones is 1. The molecule has 8 atom stereocenters. The Labute approximate surface area is 202 Å². The van der Waals surface area contributed by atoms with Crippen LogP contribution >= 0.6 is 0 Å². The lowest BCUT2D eigenvalue weighted by atomic mass is 9.44. The molecule has 190 valence electrons. The van der Waals surface area contributed by atoms with Gasteiger partial charge in [0.2, 0.25) is 0 Å². The molecule has 4 fully saturated rings. The lowest BCUT2D eigenvalue weighted by Gasteiger charge is -2.61. The van der Waals surface area contributed by atoms with E-state index < -0.39 is 11.4 Å². The van der Waals surface area contributed by atoms with Crippen molar-refractivity contribution in [3.05, 3.63) is 0 Å². The van der Waals surface area contributed by atoms with Gasteiger partial charge in [-0.25, -0.2) is 0 Å². The van der Waals surface area contributed by atoms with E-state index >= 15 is 0 Å². The van der Waals surface area contributed by atoms with Crippen LogP contribution in [-0.4, -0.2) is 36.5 Å². The number of hydrogen-bond donors (Lipinski definition) is 1. The predicted octanol–water partition coefficient (Wildman–Crippen LogP) is 6.39. The van der Waals surface area contributed by atoms with Gasteiger partial charge < -0.3 is 14.6 Å². The van der Waals surface area contributed by atoms with Crippen LogP contribution in [-0.2, 0) is 14.3 Å². The quantitative estimate of drug-likeness (QED) is 0.445. The van der Waals surface area contributed by atoms with Crippen LogP contribution in [0.5, 0.6) is 0 Å². The molecule has 0 radical (unpaired) electrons. The second-order valence-electron chi connectivity index (χ2n) is 13.5. The smallest absolute Gasteiger partial charge is 0.168 e. The summed E-state index contributed by atoms with van der Waals surface area (Å²) in [5.74, 6) is 3.34. The molecule has 1 N–H and O–H groups in total. The molecular formula is C29H50O4. The highest BCUT2D eigenvalue weighted by atomic mass is 16.7. The van der Waals surface area contributed by atoms with Crippen molar-refractivity contribution in [3.63, 3.8) is 0 Å². The van der Waals surface area contributed by atoms with Gasteiger partial charge in [0.15, 0.2) is 5.79 Å². The van der Waals surface area contributed by atoms with Crippen LogP contribution in [0, 0.1) is 46.3 Å². The Hall–Kier alpha value is -0.450. The van der Waals surface area contributed by atoms with E-state index in [0.29, 0.717) is 34.9 Å². The van der Waals surface area contributed by atoms with Crippen molar-refractivity contribution >= 4 is 5.78 Å². The van der Waals surface area contributed by atoms with E-state index in [1.165, 1.54) is 32.1 Å². The van der Waals surface area contributed by atoms with Gasteiger partial charge in [-0.2, -0.15) is 0 Å². The number of carbonyl (C=O) groups excluding carboxylic acids is 1. The molecule has 4 aliphatic rings. The lowest BCUT2D eigenvalue weighted by molar-refractivity contribution is -0.256. The van der Waals surface area contributed by atoms with Gasteiger partial charge in [0.25, 0.3) is 0 Å². The molecule has 0 amide bonds. The largest absolute Gasteiger partial charge is 0.390 e. The molecule has 0 heterocycles. The van der Waals surface area contributed by atoms with Crippen LogP contribution in [0.4, 0.5) is 0 Å². The number of methoxy groups -OCH3 is 2. The zero-order chi connectivity index (χ0) is 24.2. The molecule has 0 aromatic carbocycles. The van der Waals surface area contributed by atoms with Crippen molar-refractivity contribution in [1.82, 2.24) is 0 Å². The Kier molecular flexibility index (Phi) is 6.91. The Morgan fingerprint density at radius 1 is 1.03 bits per heavy atom. The summed E-state index contributed by atoms with van der Waals surface area (Å²) in [7, 11) is 3.46. The van der Waals surface area contributed by atoms with Crippen molar-refractivity contribution in [2.75, 3.05) is 14.2 Å². The SMILES string of the molecule is COC1(OC)CC[C@@]2(C)[C@H](C1)C(=O)C[C@@H]1[C@@H]2CC[C@]2(C)[C@@H]([C@H](C)CCCC(C)(C)O)CC[C@@H]12. The van der Waals surface area contributed by atoms with Gasteiger partial charge in [-0.1, -0.05) is 33.6 Å². The molecule has 4 nitrogen and oxygen atoms in total. The van der Waals surface area contributed by atoms with Crippen LogP contribution < -0.4 is 0 Å². The molecule has 4 aliphatic carbocycles. The zero-order valence-corrected chi connectivity index (χ0v) is 22.4. The van der Waals surface area contributed by atoms with Gasteiger partial charge in [-0.3, -0.25) is 4.79 Å². The lowest BCUT2D eigenvalue weighted by Crippen LogP contribution is -2.59. The topological polar surface area (TPSA) is 55.8 Å². The molecule has 0 spiro atoms. The van der Waals surface area contributed by atoms with Gasteiger partial charge in [-0.05, 0) is 92.8 Å². The van der Waals surface area contributed by atoms with E-state index in [-0.39, 0.29) is 11.3 Å². The summed E-state index contributed by atoms with van der Waals surface area (Å²) in [6, 6.07) is 0. The number of aliphatic hydroxyl groups is 1. The summed E-state index contributed by atoms with van der Waals surface area (Å²) in [6.45, 7) is 11.3. The molecule has 4 heteroatoms. The average molecular weight is 463 g/mol. The molecule has 33 heavy (non-hydrogen) atoms. The number of carbonyl (C=O) groups is 1. The first-order valence-corrected chi connectivity index (χ1v) is 13.7. The average Bonchev–Trinajstić information content (AvgIpc) is 3.10. The predicted molar refractivity (Wildman–Crippen MR) is 132 cm³/mol. The maximum Gasteiger partial charge on any atom is 0.168 e. The van der Waals surface area contributed by atoms with Gasteiger partial charge in [0, 0.05) is 39.4 Å². The minimum Gasteiger partial charge on any atom is -0.390 e. The zero-order valence-electron chi connectivity index (χ0n) is 22.4. The fourth-order valence-electron chi connectivity index (χ4n) is 9.46. The summed E-state index contributed by atoms with van der Waals surface area (Å²) in [5.41, 5.74) is -0.0911. The van der Waals surface area contributed by atoms with Gasteiger partial charge in [0.1, 0.15) is 5.78 Å². The Morgan fingerprint density at radius 3 is 2.33 bits per heavy atom. The van der Waals surface area contributed by atoms with E-state index in [1.807, 2.05) is 13.8 Å². The minimum atomic E-state index is -0.577. The third-order valence-electron chi connectivity index (χ3n) is 11.4. The molecule has 0 aromatic heterocycles. The number of hydrogen-bond acceptors (Lipinski definition) is 4. The molecule has 0 unspecified atom stereocenters. The Morgan fingerprint density at radius 2 is 1.70 bits per heavy atom. The fraction of sp³-hybridized carbons (Fsp3) is 0.966. The maximum atomic E-state index is 13.6. The molecule has 0 bridgehead atoms.